The summed E-state index contributed by atoms with van der Waals surface area (Å²) in [6.45, 7) is 4.05. The van der Waals surface area contributed by atoms with Crippen molar-refractivity contribution in [3.05, 3.63) is 36.5 Å². The summed E-state index contributed by atoms with van der Waals surface area (Å²) < 4.78 is 53.6. The lowest BCUT2D eigenvalue weighted by Crippen LogP contribution is -2.30. The molecule has 0 aromatic carbocycles. The summed E-state index contributed by atoms with van der Waals surface area (Å²) >= 11 is 0. The van der Waals surface area contributed by atoms with Gasteiger partial charge in [0.2, 0.25) is 0 Å². The standard InChI is InChI=1S/C47H86O14P2/c1-4-6-7-8-23-28-33-44-45(61-44)34-29-24-19-17-21-25-30-35-46(49)56-39-43(40-59-63(54,55)58-38-42(48)37-57-62(51,52)53)60-47(50)36-31-26-20-16-14-12-10-9-11-13-15-18-22-27-32-41(3)5-2/h17,21,23-24,28-29,41-45,48H,4-16,18-20,22,25-27,30-40H2,1-3H3,(H,54,55)(H2,51,52,53)/b21-17-,28-23-,29-24-/t41?,42-,43+,44?,45?/m0/s1. The van der Waals surface area contributed by atoms with Crippen molar-refractivity contribution in [2.45, 2.75) is 219 Å². The van der Waals surface area contributed by atoms with Crippen LogP contribution in [0.5, 0.6) is 0 Å². The molecule has 1 saturated heterocycles. The Labute approximate surface area is 380 Å². The first kappa shape index (κ1) is 59.3. The molecule has 4 unspecified atom stereocenters. The van der Waals surface area contributed by atoms with Crippen molar-refractivity contribution in [2.75, 3.05) is 26.4 Å². The number of aliphatic hydroxyl groups is 1. The minimum absolute atomic E-state index is 0.115. The van der Waals surface area contributed by atoms with E-state index in [-0.39, 0.29) is 12.8 Å². The number of rotatable bonds is 44. The third-order valence-electron chi connectivity index (χ3n) is 11.0. The van der Waals surface area contributed by atoms with E-state index < -0.39 is 66.2 Å². The van der Waals surface area contributed by atoms with Crippen LogP contribution in [-0.4, -0.2) is 82.6 Å². The summed E-state index contributed by atoms with van der Waals surface area (Å²) in [5.74, 6) is -0.240. The minimum atomic E-state index is -4.87. The van der Waals surface area contributed by atoms with Gasteiger partial charge in [0.1, 0.15) is 12.7 Å². The Hall–Kier alpha value is -1.70. The van der Waals surface area contributed by atoms with Crippen LogP contribution >= 0.6 is 15.6 Å². The van der Waals surface area contributed by atoms with E-state index in [1.54, 1.807) is 0 Å². The van der Waals surface area contributed by atoms with Gasteiger partial charge in [-0.05, 0) is 57.3 Å². The number of ether oxygens (including phenoxy) is 3. The highest BCUT2D eigenvalue weighted by Gasteiger charge is 2.36. The maximum absolute atomic E-state index is 12.7. The van der Waals surface area contributed by atoms with Crippen molar-refractivity contribution < 1.29 is 66.3 Å². The van der Waals surface area contributed by atoms with Gasteiger partial charge in [0.15, 0.2) is 6.10 Å². The molecule has 0 saturated carbocycles. The molecule has 0 bridgehead atoms. The zero-order valence-electron chi connectivity index (χ0n) is 39.0. The molecule has 1 rings (SSSR count). The number of unbranched alkanes of at least 4 members (excludes halogenated alkanes) is 17. The van der Waals surface area contributed by atoms with Gasteiger partial charge in [-0.15, -0.1) is 0 Å². The van der Waals surface area contributed by atoms with Crippen molar-refractivity contribution >= 4 is 27.6 Å². The summed E-state index contributed by atoms with van der Waals surface area (Å²) in [5.41, 5.74) is 0. The molecule has 6 atom stereocenters. The Morgan fingerprint density at radius 1 is 0.603 bits per heavy atom. The third kappa shape index (κ3) is 39.2. The van der Waals surface area contributed by atoms with Crippen LogP contribution in [0.25, 0.3) is 0 Å². The second-order valence-corrected chi connectivity index (χ2v) is 19.7. The maximum atomic E-state index is 12.7. The molecular weight excluding hydrogens is 850 g/mol. The number of esters is 2. The molecule has 4 N–H and O–H groups in total. The van der Waals surface area contributed by atoms with Crippen LogP contribution in [0.2, 0.25) is 0 Å². The molecule has 0 spiro atoms. The highest BCUT2D eigenvalue weighted by molar-refractivity contribution is 7.47. The number of aliphatic hydroxyl groups excluding tert-OH is 1. The van der Waals surface area contributed by atoms with Crippen molar-refractivity contribution in [2.24, 2.45) is 5.92 Å². The summed E-state index contributed by atoms with van der Waals surface area (Å²) in [7, 11) is -9.70. The Balaban J connectivity index is 2.35. The van der Waals surface area contributed by atoms with Gasteiger partial charge in [-0.2, -0.15) is 0 Å². The van der Waals surface area contributed by atoms with Crippen LogP contribution in [0.15, 0.2) is 36.5 Å². The van der Waals surface area contributed by atoms with Crippen LogP contribution in [0.3, 0.4) is 0 Å². The second kappa shape index (κ2) is 38.4. The van der Waals surface area contributed by atoms with Crippen LogP contribution in [-0.2, 0) is 46.5 Å². The topological polar surface area (TPSA) is 208 Å². The van der Waals surface area contributed by atoms with E-state index in [0.717, 1.165) is 50.9 Å². The fourth-order valence-electron chi connectivity index (χ4n) is 6.77. The van der Waals surface area contributed by atoms with Gasteiger partial charge < -0.3 is 34.0 Å². The quantitative estimate of drug-likeness (QED) is 0.0147. The average molecular weight is 937 g/mol. The Morgan fingerprint density at radius 2 is 1.11 bits per heavy atom. The average Bonchev–Trinajstić information content (AvgIpc) is 4.00. The van der Waals surface area contributed by atoms with Crippen molar-refractivity contribution in [3.63, 3.8) is 0 Å². The molecule has 0 aromatic rings. The molecule has 0 radical (unpaired) electrons. The zero-order valence-corrected chi connectivity index (χ0v) is 40.8. The number of hydrogen-bond donors (Lipinski definition) is 4. The normalized spacial score (nSPS) is 18.0. The zero-order chi connectivity index (χ0) is 46.4. The Bertz CT molecular complexity index is 1330. The summed E-state index contributed by atoms with van der Waals surface area (Å²) in [6.07, 6.45) is 38.8. The molecule has 1 aliphatic rings. The van der Waals surface area contributed by atoms with E-state index in [2.05, 4.69) is 49.6 Å². The van der Waals surface area contributed by atoms with Crippen molar-refractivity contribution in [3.8, 4) is 0 Å². The van der Waals surface area contributed by atoms with Gasteiger partial charge in [-0.1, -0.05) is 166 Å². The first-order valence-electron chi connectivity index (χ1n) is 24.2. The minimum Gasteiger partial charge on any atom is -0.462 e. The number of phosphoric acid groups is 2. The molecule has 14 nitrogen and oxygen atoms in total. The first-order chi connectivity index (χ1) is 30.2. The van der Waals surface area contributed by atoms with Gasteiger partial charge in [0.25, 0.3) is 0 Å². The smallest absolute Gasteiger partial charge is 0.462 e. The van der Waals surface area contributed by atoms with E-state index in [1.807, 2.05) is 12.2 Å². The SMILES string of the molecule is CCCCC/C=C\CC1OC1C/C=C\C/C=C\CCCC(=O)OC[C@H](COP(=O)(O)OC[C@@H](O)COP(=O)(O)O)OC(=O)CCCCCCCCCCCCCCCCC(C)CC. The van der Waals surface area contributed by atoms with E-state index in [1.165, 1.54) is 96.3 Å². The predicted molar refractivity (Wildman–Crippen MR) is 248 cm³/mol. The lowest BCUT2D eigenvalue weighted by Gasteiger charge is -2.20. The third-order valence-corrected chi connectivity index (χ3v) is 12.4. The van der Waals surface area contributed by atoms with Crippen LogP contribution in [0.4, 0.5) is 0 Å². The molecule has 1 fully saturated rings. The number of allylic oxidation sites excluding steroid dienone is 4. The van der Waals surface area contributed by atoms with Crippen molar-refractivity contribution in [1.82, 2.24) is 0 Å². The van der Waals surface area contributed by atoms with E-state index in [0.29, 0.717) is 31.5 Å². The molecule has 1 heterocycles. The number of hydrogen-bond acceptors (Lipinski definition) is 11. The predicted octanol–water partition coefficient (Wildman–Crippen LogP) is 11.7. The molecular formula is C47H86O14P2. The molecule has 0 aromatic heterocycles. The molecule has 368 valence electrons. The van der Waals surface area contributed by atoms with Crippen LogP contribution in [0.1, 0.15) is 194 Å². The van der Waals surface area contributed by atoms with Crippen LogP contribution in [0, 0.1) is 5.92 Å². The van der Waals surface area contributed by atoms with E-state index in [9.17, 15) is 28.7 Å². The summed E-state index contributed by atoms with van der Waals surface area (Å²) in [4.78, 5) is 52.9. The lowest BCUT2D eigenvalue weighted by atomic mass is 9.99. The summed E-state index contributed by atoms with van der Waals surface area (Å²) in [5, 5.41) is 9.77. The number of epoxide rings is 1. The highest BCUT2D eigenvalue weighted by Crippen LogP contribution is 2.44. The fourth-order valence-corrected chi connectivity index (χ4v) is 7.93. The fraction of sp³-hybridized carbons (Fsp3) is 0.830. The molecule has 0 aliphatic carbocycles. The summed E-state index contributed by atoms with van der Waals surface area (Å²) in [6, 6.07) is 0. The number of carbonyl (C=O) groups excluding carboxylic acids is 2. The first-order valence-corrected chi connectivity index (χ1v) is 27.2. The molecule has 1 aliphatic heterocycles. The van der Waals surface area contributed by atoms with Gasteiger partial charge in [-0.25, -0.2) is 9.13 Å². The largest absolute Gasteiger partial charge is 0.472 e. The van der Waals surface area contributed by atoms with E-state index >= 15 is 0 Å². The lowest BCUT2D eigenvalue weighted by molar-refractivity contribution is -0.161. The van der Waals surface area contributed by atoms with Gasteiger partial charge in [-0.3, -0.25) is 23.2 Å². The second-order valence-electron chi connectivity index (χ2n) is 17.0. The molecule has 16 heteroatoms. The van der Waals surface area contributed by atoms with Crippen LogP contribution < -0.4 is 0 Å². The van der Waals surface area contributed by atoms with Gasteiger partial charge in [0, 0.05) is 12.8 Å². The van der Waals surface area contributed by atoms with Crippen molar-refractivity contribution in [1.29, 1.82) is 0 Å². The monoisotopic (exact) mass is 937 g/mol. The highest BCUT2D eigenvalue weighted by atomic mass is 31.2. The van der Waals surface area contributed by atoms with E-state index in [4.69, 9.17) is 33.0 Å². The maximum Gasteiger partial charge on any atom is 0.472 e. The molecule has 0 amide bonds. The van der Waals surface area contributed by atoms with Gasteiger partial charge >= 0.3 is 27.6 Å². The number of phosphoric ester groups is 2. The number of carbonyl (C=O) groups is 2. The Morgan fingerprint density at radius 3 is 1.71 bits per heavy atom. The van der Waals surface area contributed by atoms with Gasteiger partial charge in [0.05, 0.1) is 32.0 Å². The molecule has 63 heavy (non-hydrogen) atoms. The Kier molecular flexibility index (Phi) is 36.2.